The van der Waals surface area contributed by atoms with Crippen molar-refractivity contribution in [2.75, 3.05) is 0 Å². The third-order valence-electron chi connectivity index (χ3n) is 12.4. The predicted octanol–water partition coefficient (Wildman–Crippen LogP) is 12.0. The van der Waals surface area contributed by atoms with Gasteiger partial charge in [-0.3, -0.25) is 9.55 Å². The van der Waals surface area contributed by atoms with Crippen molar-refractivity contribution in [2.24, 2.45) is 0 Å². The largest absolute Gasteiger partial charge is 0.458 e. The van der Waals surface area contributed by atoms with Crippen LogP contribution in [0, 0.1) is 0 Å². The second-order valence-electron chi connectivity index (χ2n) is 16.9. The minimum Gasteiger partial charge on any atom is -0.458 e. The van der Waals surface area contributed by atoms with Gasteiger partial charge in [-0.15, -0.1) is 0 Å². The molecule has 4 heterocycles. The number of pyridine rings is 1. The average Bonchev–Trinajstić information content (AvgIpc) is 3.66. The minimum atomic E-state index is 0.0456. The maximum atomic E-state index is 6.85. The molecule has 2 aromatic heterocycles. The van der Waals surface area contributed by atoms with E-state index < -0.39 is 0 Å². The fourth-order valence-corrected chi connectivity index (χ4v) is 9.50. The highest BCUT2D eigenvalue weighted by Crippen LogP contribution is 2.42. The molecule has 0 atom stereocenters. The summed E-state index contributed by atoms with van der Waals surface area (Å²) < 4.78 is 15.9. The molecule has 0 fully saturated rings. The first-order chi connectivity index (χ1) is 29.9. The van der Waals surface area contributed by atoms with Crippen molar-refractivity contribution in [3.63, 3.8) is 0 Å². The van der Waals surface area contributed by atoms with Crippen molar-refractivity contribution in [1.82, 2.24) is 14.5 Å². The lowest BCUT2D eigenvalue weighted by molar-refractivity contribution is 0.483. The van der Waals surface area contributed by atoms with Gasteiger partial charge in [0.2, 0.25) is 0 Å². The molecule has 61 heavy (non-hydrogen) atoms. The van der Waals surface area contributed by atoms with Crippen LogP contribution in [0.5, 0.6) is 23.0 Å². The Bertz CT molecular complexity index is 3110. The topological polar surface area (TPSA) is 49.2 Å². The number of aromatic nitrogens is 3. The quantitative estimate of drug-likeness (QED) is 0.144. The lowest BCUT2D eigenvalue weighted by Gasteiger charge is -2.33. The molecule has 2 aliphatic heterocycles. The van der Waals surface area contributed by atoms with Crippen LogP contribution in [0.15, 0.2) is 170 Å². The van der Waals surface area contributed by atoms with Crippen LogP contribution >= 0.6 is 0 Å². The maximum absolute atomic E-state index is 6.85. The molecule has 9 aromatic rings. The van der Waals surface area contributed by atoms with Gasteiger partial charge in [-0.1, -0.05) is 130 Å². The molecule has 0 radical (unpaired) electrons. The van der Waals surface area contributed by atoms with Crippen molar-refractivity contribution in [2.45, 2.75) is 46.0 Å². The van der Waals surface area contributed by atoms with E-state index in [1.807, 2.05) is 48.7 Å². The Balaban J connectivity index is 1.14. The smallest absolute Gasteiger partial charge is 0.251 e. The van der Waals surface area contributed by atoms with Crippen molar-refractivity contribution >= 4 is 34.1 Å². The summed E-state index contributed by atoms with van der Waals surface area (Å²) in [6, 6.07) is 57.9. The Morgan fingerprint density at radius 3 is 2.00 bits per heavy atom. The fourth-order valence-electron chi connectivity index (χ4n) is 9.50. The third kappa shape index (κ3) is 6.42. The molecule has 0 amide bonds. The zero-order chi connectivity index (χ0) is 41.2. The molecule has 294 valence electrons. The van der Waals surface area contributed by atoms with E-state index in [2.05, 4.69) is 159 Å². The van der Waals surface area contributed by atoms with Gasteiger partial charge >= 0.3 is 0 Å². The zero-order valence-corrected chi connectivity index (χ0v) is 34.8. The molecule has 11 rings (SSSR count). The number of hydrogen-bond donors (Lipinski definition) is 0. The highest BCUT2D eigenvalue weighted by molar-refractivity contribution is 6.98. The number of nitrogens with zero attached hydrogens (tertiary/aromatic N) is 3. The van der Waals surface area contributed by atoms with Crippen molar-refractivity contribution < 1.29 is 9.47 Å². The normalized spacial score (nSPS) is 12.6. The Hall–Kier alpha value is -7.18. The van der Waals surface area contributed by atoms with Crippen molar-refractivity contribution in [1.29, 1.82) is 0 Å². The van der Waals surface area contributed by atoms with Gasteiger partial charge in [0.15, 0.2) is 0 Å². The molecule has 7 aromatic carbocycles. The summed E-state index contributed by atoms with van der Waals surface area (Å²) in [7, 11) is 0. The summed E-state index contributed by atoms with van der Waals surface area (Å²) >= 11 is 0. The number of hydrogen-bond acceptors (Lipinski definition) is 4. The van der Waals surface area contributed by atoms with E-state index in [1.165, 1.54) is 50.0 Å². The van der Waals surface area contributed by atoms with E-state index in [9.17, 15) is 0 Å². The van der Waals surface area contributed by atoms with Gasteiger partial charge in [0.25, 0.3) is 6.71 Å². The van der Waals surface area contributed by atoms with Gasteiger partial charge in [0.05, 0.1) is 22.4 Å². The molecule has 2 aliphatic rings. The van der Waals surface area contributed by atoms with Gasteiger partial charge in [0.1, 0.15) is 28.8 Å². The molecule has 0 bridgehead atoms. The van der Waals surface area contributed by atoms with E-state index >= 15 is 0 Å². The summed E-state index contributed by atoms with van der Waals surface area (Å²) in [5.41, 5.74) is 17.4. The monoisotopic (exact) mass is 789 g/mol. The predicted molar refractivity (Wildman–Crippen MR) is 250 cm³/mol. The first kappa shape index (κ1) is 36.9. The second-order valence-corrected chi connectivity index (χ2v) is 16.9. The highest BCUT2D eigenvalue weighted by Gasteiger charge is 2.39. The molecule has 6 heteroatoms. The second kappa shape index (κ2) is 14.8. The number of imidazole rings is 1. The molecular weight excluding hydrogens is 745 g/mol. The van der Waals surface area contributed by atoms with Crippen molar-refractivity contribution in [3.8, 4) is 62.5 Å². The van der Waals surface area contributed by atoms with Gasteiger partial charge < -0.3 is 9.47 Å². The number of ether oxygens (including phenoxy) is 2. The van der Waals surface area contributed by atoms with E-state index in [0.717, 1.165) is 68.6 Å². The van der Waals surface area contributed by atoms with Crippen LogP contribution in [0.3, 0.4) is 0 Å². The summed E-state index contributed by atoms with van der Waals surface area (Å²) in [5.74, 6) is 4.56. The molecule has 0 unspecified atom stereocenters. The van der Waals surface area contributed by atoms with Crippen LogP contribution in [0.4, 0.5) is 0 Å². The van der Waals surface area contributed by atoms with Gasteiger partial charge in [-0.25, -0.2) is 4.98 Å². The Kier molecular flexibility index (Phi) is 8.96. The van der Waals surface area contributed by atoms with Crippen LogP contribution in [0.1, 0.15) is 61.8 Å². The lowest BCUT2D eigenvalue weighted by atomic mass is 9.32. The fraction of sp³-hybridized carbons (Fsp3) is 0.127. The molecule has 0 N–H and O–H groups in total. The van der Waals surface area contributed by atoms with E-state index in [-0.39, 0.29) is 18.5 Å². The third-order valence-corrected chi connectivity index (χ3v) is 12.4. The molecule has 0 saturated heterocycles. The van der Waals surface area contributed by atoms with Gasteiger partial charge in [-0.05, 0) is 123 Å². The van der Waals surface area contributed by atoms with Gasteiger partial charge in [-0.2, -0.15) is 0 Å². The van der Waals surface area contributed by atoms with Crippen LogP contribution < -0.4 is 25.9 Å². The van der Waals surface area contributed by atoms with Crippen LogP contribution in [-0.4, -0.2) is 21.2 Å². The van der Waals surface area contributed by atoms with Crippen LogP contribution in [0.2, 0.25) is 0 Å². The molecule has 0 aliphatic carbocycles. The van der Waals surface area contributed by atoms with E-state index in [1.54, 1.807) is 0 Å². The number of rotatable bonds is 8. The molecule has 0 saturated carbocycles. The zero-order valence-electron chi connectivity index (χ0n) is 34.8. The summed E-state index contributed by atoms with van der Waals surface area (Å²) in [6.45, 7) is 9.26. The first-order valence-corrected chi connectivity index (χ1v) is 21.3. The SMILES string of the molecule is CC(C)c1cc(-c2ccccc2)cc(C(C)C)c1-n1c(-c2cccc(Oc3cccc(-c4ccccn4)c3)c2)nc2cc3c(cc21)B1c2ccccc2Cc2cccc(c21)O3. The number of fused-ring (bicyclic) bond motifs is 5. The maximum Gasteiger partial charge on any atom is 0.251 e. The summed E-state index contributed by atoms with van der Waals surface area (Å²) in [6.07, 6.45) is 2.71. The molecular formula is C55H44BN3O2. The molecule has 5 nitrogen and oxygen atoms in total. The highest BCUT2D eigenvalue weighted by atomic mass is 16.5. The van der Waals surface area contributed by atoms with Crippen LogP contribution in [-0.2, 0) is 6.42 Å². The molecule has 0 spiro atoms. The van der Waals surface area contributed by atoms with E-state index in [4.69, 9.17) is 14.5 Å². The summed E-state index contributed by atoms with van der Waals surface area (Å²) in [5, 5.41) is 0. The van der Waals surface area contributed by atoms with Crippen molar-refractivity contribution in [3.05, 3.63) is 192 Å². The van der Waals surface area contributed by atoms with E-state index in [0.29, 0.717) is 0 Å². The average molecular weight is 790 g/mol. The Morgan fingerprint density at radius 1 is 0.574 bits per heavy atom. The minimum absolute atomic E-state index is 0.0456. The number of benzene rings is 7. The lowest BCUT2D eigenvalue weighted by Crippen LogP contribution is -2.59. The Morgan fingerprint density at radius 2 is 1.25 bits per heavy atom. The Labute approximate surface area is 357 Å². The first-order valence-electron chi connectivity index (χ1n) is 21.3. The standard InChI is InChI=1S/C55H44BN3O2/c1-34(2)44-30-41(36-15-6-5-7-16-36)31-45(35(3)4)54(44)59-50-32-47-52(61-51-25-14-19-39-27-37-17-8-9-23-46(37)56(47)53(39)51)33-49(50)58-55(59)40-20-13-22-43(29-40)60-42-21-12-18-38(28-42)48-24-10-11-26-57-48/h5-26,28-35H,27H2,1-4H3. The van der Waals surface area contributed by atoms with Gasteiger partial charge in [0, 0.05) is 23.4 Å². The van der Waals surface area contributed by atoms with Crippen LogP contribution in [0.25, 0.3) is 50.5 Å². The summed E-state index contributed by atoms with van der Waals surface area (Å²) in [4.78, 5) is 10.1.